The molecule has 4 heteroatoms. The molecule has 1 atom stereocenters. The summed E-state index contributed by atoms with van der Waals surface area (Å²) in [6.07, 6.45) is 7.06. The van der Waals surface area contributed by atoms with E-state index in [0.717, 1.165) is 25.3 Å². The number of carbonyl (C=O) groups excluding carboxylic acids is 1. The van der Waals surface area contributed by atoms with Crippen LogP contribution in [-0.4, -0.2) is 26.1 Å². The highest BCUT2D eigenvalue weighted by Crippen LogP contribution is 2.58. The minimum absolute atomic E-state index is 0.286. The molecule has 0 aromatic heterocycles. The summed E-state index contributed by atoms with van der Waals surface area (Å²) in [4.78, 5) is 8.35. The van der Waals surface area contributed by atoms with Gasteiger partial charge in [-0.15, -0.1) is 6.58 Å². The highest BCUT2D eigenvalue weighted by molar-refractivity contribution is 5.26. The predicted octanol–water partition coefficient (Wildman–Crippen LogP) is 4.31. The van der Waals surface area contributed by atoms with Gasteiger partial charge < -0.3 is 9.47 Å². The van der Waals surface area contributed by atoms with E-state index in [4.69, 9.17) is 19.7 Å². The molecule has 122 valence electrons. The first kappa shape index (κ1) is 20.0. The first-order valence-corrected chi connectivity index (χ1v) is 7.41. The molecular formula is C17H31NO3. The van der Waals surface area contributed by atoms with E-state index in [1.807, 2.05) is 6.08 Å². The van der Waals surface area contributed by atoms with Crippen molar-refractivity contribution in [3.8, 4) is 0 Å². The summed E-state index contributed by atoms with van der Waals surface area (Å²) in [6, 6.07) is 0. The van der Waals surface area contributed by atoms with E-state index in [0.29, 0.717) is 11.3 Å². The molecule has 21 heavy (non-hydrogen) atoms. The molecule has 0 aromatic rings. The van der Waals surface area contributed by atoms with E-state index >= 15 is 0 Å². The van der Waals surface area contributed by atoms with Crippen molar-refractivity contribution in [3.63, 3.8) is 0 Å². The van der Waals surface area contributed by atoms with Crippen LogP contribution in [0.2, 0.25) is 0 Å². The van der Waals surface area contributed by atoms with Crippen LogP contribution in [0.1, 0.15) is 53.4 Å². The third kappa shape index (κ3) is 4.50. The van der Waals surface area contributed by atoms with E-state index in [2.05, 4.69) is 34.3 Å². The number of hydrogen-bond acceptors (Lipinski definition) is 4. The van der Waals surface area contributed by atoms with Gasteiger partial charge in [0.05, 0.1) is 0 Å². The fraction of sp³-hybridized carbons (Fsp3) is 0.824. The SMILES string of the molecule is C=CCCC(C)(C1CC(OC)(OC)C1)C(C)(C)C.N=C=O. The van der Waals surface area contributed by atoms with Crippen molar-refractivity contribution >= 4 is 6.08 Å². The summed E-state index contributed by atoms with van der Waals surface area (Å²) in [7, 11) is 3.50. The average Bonchev–Trinajstić information content (AvgIpc) is 2.36. The molecule has 1 aliphatic carbocycles. The monoisotopic (exact) mass is 297 g/mol. The van der Waals surface area contributed by atoms with Gasteiger partial charge in [0.2, 0.25) is 6.08 Å². The zero-order valence-electron chi connectivity index (χ0n) is 14.4. The lowest BCUT2D eigenvalue weighted by atomic mass is 9.52. The van der Waals surface area contributed by atoms with Crippen molar-refractivity contribution in [1.82, 2.24) is 0 Å². The quantitative estimate of drug-likeness (QED) is 0.344. The maximum absolute atomic E-state index is 8.35. The Bertz CT molecular complexity index is 355. The second-order valence-corrected chi connectivity index (χ2v) is 7.02. The summed E-state index contributed by atoms with van der Waals surface area (Å²) in [6.45, 7) is 13.3. The van der Waals surface area contributed by atoms with Crippen LogP contribution in [0.15, 0.2) is 12.7 Å². The summed E-state index contributed by atoms with van der Waals surface area (Å²) in [5, 5.41) is 5.40. The highest BCUT2D eigenvalue weighted by atomic mass is 16.7. The van der Waals surface area contributed by atoms with Gasteiger partial charge in [-0.1, -0.05) is 33.8 Å². The first-order chi connectivity index (χ1) is 9.66. The Morgan fingerprint density at radius 2 is 1.71 bits per heavy atom. The first-order valence-electron chi connectivity index (χ1n) is 7.41. The Kier molecular flexibility index (Phi) is 7.52. The Morgan fingerprint density at radius 1 is 1.29 bits per heavy atom. The summed E-state index contributed by atoms with van der Waals surface area (Å²) in [5.41, 5.74) is 0.593. The van der Waals surface area contributed by atoms with Crippen LogP contribution >= 0.6 is 0 Å². The fourth-order valence-electron chi connectivity index (χ4n) is 3.15. The lowest BCUT2D eigenvalue weighted by Gasteiger charge is -2.57. The van der Waals surface area contributed by atoms with Crippen LogP contribution in [0, 0.1) is 22.2 Å². The Balaban J connectivity index is 0.00000122. The largest absolute Gasteiger partial charge is 0.353 e. The van der Waals surface area contributed by atoms with Crippen molar-refractivity contribution in [3.05, 3.63) is 12.7 Å². The smallest absolute Gasteiger partial charge is 0.231 e. The van der Waals surface area contributed by atoms with Crippen LogP contribution in [0.3, 0.4) is 0 Å². The van der Waals surface area contributed by atoms with E-state index < -0.39 is 0 Å². The lowest BCUT2D eigenvalue weighted by molar-refractivity contribution is -0.292. The molecule has 0 heterocycles. The molecule has 1 saturated carbocycles. The fourth-order valence-corrected chi connectivity index (χ4v) is 3.15. The van der Waals surface area contributed by atoms with E-state index in [-0.39, 0.29) is 11.2 Å². The lowest BCUT2D eigenvalue weighted by Crippen LogP contribution is -2.55. The van der Waals surface area contributed by atoms with Crippen LogP contribution in [0.5, 0.6) is 0 Å². The normalized spacial score (nSPS) is 20.3. The minimum Gasteiger partial charge on any atom is -0.353 e. The Labute approximate surface area is 129 Å². The van der Waals surface area contributed by atoms with Crippen molar-refractivity contribution in [1.29, 1.82) is 5.41 Å². The number of ether oxygens (including phenoxy) is 2. The van der Waals surface area contributed by atoms with Gasteiger partial charge in [-0.3, -0.25) is 0 Å². The van der Waals surface area contributed by atoms with Gasteiger partial charge in [-0.05, 0) is 29.6 Å². The molecule has 1 fully saturated rings. The van der Waals surface area contributed by atoms with Crippen LogP contribution < -0.4 is 0 Å². The Hall–Kier alpha value is -0.960. The van der Waals surface area contributed by atoms with Gasteiger partial charge >= 0.3 is 0 Å². The zero-order valence-corrected chi connectivity index (χ0v) is 14.4. The predicted molar refractivity (Wildman–Crippen MR) is 84.9 cm³/mol. The standard InChI is InChI=1S/C16H30O2.CHNO/c1-8-9-10-15(5,14(2,3)4)13-11-16(12-13,17-6)18-7;2-1-3/h8,13H,1,9-12H2,2-7H3;2H. The van der Waals surface area contributed by atoms with Crippen molar-refractivity contribution < 1.29 is 14.3 Å². The third-order valence-corrected chi connectivity index (χ3v) is 5.34. The van der Waals surface area contributed by atoms with Crippen molar-refractivity contribution in [2.24, 2.45) is 16.7 Å². The molecule has 0 aromatic carbocycles. The number of allylic oxidation sites excluding steroid dienone is 1. The molecule has 0 bridgehead atoms. The van der Waals surface area contributed by atoms with Gasteiger partial charge in [0.15, 0.2) is 5.79 Å². The molecule has 1 rings (SSSR count). The molecule has 0 amide bonds. The minimum atomic E-state index is -0.328. The van der Waals surface area contributed by atoms with Crippen molar-refractivity contribution in [2.45, 2.75) is 59.2 Å². The number of methoxy groups -OCH3 is 2. The molecule has 0 spiro atoms. The maximum Gasteiger partial charge on any atom is 0.231 e. The third-order valence-electron chi connectivity index (χ3n) is 5.34. The summed E-state index contributed by atoms with van der Waals surface area (Å²) in [5.74, 6) is 0.336. The molecule has 0 saturated heterocycles. The van der Waals surface area contributed by atoms with Crippen molar-refractivity contribution in [2.75, 3.05) is 14.2 Å². The molecule has 1 aliphatic rings. The maximum atomic E-state index is 8.35. The van der Waals surface area contributed by atoms with E-state index in [1.165, 1.54) is 6.42 Å². The molecule has 4 nitrogen and oxygen atoms in total. The summed E-state index contributed by atoms with van der Waals surface area (Å²) >= 11 is 0. The van der Waals surface area contributed by atoms with Crippen LogP contribution in [-0.2, 0) is 14.3 Å². The highest BCUT2D eigenvalue weighted by Gasteiger charge is 2.55. The molecule has 0 aliphatic heterocycles. The molecule has 1 N–H and O–H groups in total. The van der Waals surface area contributed by atoms with Gasteiger partial charge in [0, 0.05) is 27.1 Å². The Morgan fingerprint density at radius 3 is 2.00 bits per heavy atom. The number of hydrogen-bond donors (Lipinski definition) is 1. The molecular weight excluding hydrogens is 266 g/mol. The summed E-state index contributed by atoms with van der Waals surface area (Å²) < 4.78 is 11.0. The molecule has 1 unspecified atom stereocenters. The number of rotatable bonds is 6. The topological polar surface area (TPSA) is 59.4 Å². The number of nitrogens with one attached hydrogen (secondary N) is 1. The number of isocyanates is 1. The average molecular weight is 297 g/mol. The van der Waals surface area contributed by atoms with Crippen LogP contribution in [0.25, 0.3) is 0 Å². The zero-order chi connectivity index (χ0) is 16.7. The molecule has 0 radical (unpaired) electrons. The second-order valence-electron chi connectivity index (χ2n) is 7.02. The van der Waals surface area contributed by atoms with E-state index in [9.17, 15) is 0 Å². The van der Waals surface area contributed by atoms with Gasteiger partial charge in [0.1, 0.15) is 0 Å². The van der Waals surface area contributed by atoms with E-state index in [1.54, 1.807) is 14.2 Å². The van der Waals surface area contributed by atoms with Crippen LogP contribution in [0.4, 0.5) is 0 Å². The van der Waals surface area contributed by atoms with Gasteiger partial charge in [-0.2, -0.15) is 0 Å². The van der Waals surface area contributed by atoms with Gasteiger partial charge in [-0.25, -0.2) is 10.2 Å². The second kappa shape index (κ2) is 7.88. The van der Waals surface area contributed by atoms with Gasteiger partial charge in [0.25, 0.3) is 0 Å².